The number of aryl methyl sites for hydroxylation is 2. The van der Waals surface area contributed by atoms with Crippen molar-refractivity contribution in [3.8, 4) is 0 Å². The molecule has 8 aromatic rings. The number of hydrogen-bond donors (Lipinski definition) is 0. The van der Waals surface area contributed by atoms with Crippen LogP contribution in [0.5, 0.6) is 0 Å². The van der Waals surface area contributed by atoms with Crippen molar-refractivity contribution in [3.63, 3.8) is 0 Å². The first-order chi connectivity index (χ1) is 37.6. The zero-order valence-corrected chi connectivity index (χ0v) is 63.5. The van der Waals surface area contributed by atoms with Gasteiger partial charge in [-0.15, -0.1) is 0 Å². The Balaban J connectivity index is 0.00000430. The molecule has 0 amide bonds. The molecule has 0 spiro atoms. The Morgan fingerprint density at radius 3 is 1.18 bits per heavy atom. The van der Waals surface area contributed by atoms with Crippen LogP contribution in [-0.2, 0) is 60.7 Å². The summed E-state index contributed by atoms with van der Waals surface area (Å²) in [4.78, 5) is -4.91. The number of hydrogen-bond acceptors (Lipinski definition) is 26. The van der Waals surface area contributed by atoms with Crippen molar-refractivity contribution < 1.29 is 260 Å². The van der Waals surface area contributed by atoms with Crippen molar-refractivity contribution in [3.05, 3.63) is 161 Å². The zero-order chi connectivity index (χ0) is 59.2. The van der Waals surface area contributed by atoms with Crippen LogP contribution in [0.4, 0.5) is 45.5 Å². The van der Waals surface area contributed by atoms with E-state index < -0.39 is 95.5 Å². The second-order valence-electron chi connectivity index (χ2n) is 17.0. The first kappa shape index (κ1) is 80.8. The normalized spacial score (nSPS) is 12.5. The van der Waals surface area contributed by atoms with Crippen molar-refractivity contribution in [1.29, 1.82) is 0 Å². The van der Waals surface area contributed by atoms with Crippen LogP contribution in [0.3, 0.4) is 0 Å². The number of rotatable bonds is 16. The van der Waals surface area contributed by atoms with Gasteiger partial charge in [0.15, 0.2) is 0 Å². The van der Waals surface area contributed by atoms with Gasteiger partial charge in [0.1, 0.15) is 66.4 Å². The standard InChI is InChI=1S/C48H36N8O19S6.6Na/c1-27-20-31(13-16-41(27)53-51-32-12-15-38-39(22-32)45(78(64,65)66)19-18-44(38)77(61,62)63)49-50-33-10-8-29(46(24-33)79(67,68)69)6-7-30-9-11-34(25-47(30)80(70,71)72)55-56(57)36-14-17-42(28(2)21-36)54-52-35-23-40-37(48(26-35)81(73,74)75)4-3-5-43(40)76(58,59)60;;;;;;/h3-26H,1-2H3,(H,58,59,60)(H,61,62,63)(H,64,65,66)(H,67,68,69)(H,70,71,72)(H,73,74,75);;;;;;/q;6*+1/p-6/b7-6+,50-49?,53-51?,54-52?,56-55?;;;;;;. The number of fused-ring (bicyclic) bond motifs is 2. The van der Waals surface area contributed by atoms with Gasteiger partial charge in [0, 0.05) is 38.8 Å². The van der Waals surface area contributed by atoms with Gasteiger partial charge in [-0.25, -0.2) is 50.5 Å². The van der Waals surface area contributed by atoms with Gasteiger partial charge in [-0.1, -0.05) is 47.3 Å². The van der Waals surface area contributed by atoms with Crippen LogP contribution in [0.25, 0.3) is 33.7 Å². The molecule has 0 radical (unpaired) electrons. The molecule has 0 saturated carbocycles. The summed E-state index contributed by atoms with van der Waals surface area (Å²) in [6, 6.07) is 24.1. The molecular formula is C48H30N8Na6O19S6. The largest absolute Gasteiger partial charge is 1.00 e. The second-order valence-corrected chi connectivity index (χ2v) is 25.1. The van der Waals surface area contributed by atoms with Crippen LogP contribution in [0.15, 0.2) is 199 Å². The third-order valence-corrected chi connectivity index (χ3v) is 16.8. The molecule has 8 aromatic carbocycles. The molecule has 0 saturated heterocycles. The summed E-state index contributed by atoms with van der Waals surface area (Å²) < 4.78 is 218. The molecule has 87 heavy (non-hydrogen) atoms. The minimum Gasteiger partial charge on any atom is -0.744 e. The maximum absolute atomic E-state index is 13.2. The van der Waals surface area contributed by atoms with Gasteiger partial charge >= 0.3 is 177 Å². The van der Waals surface area contributed by atoms with E-state index in [4.69, 9.17) is 0 Å². The molecule has 0 fully saturated rings. The summed E-state index contributed by atoms with van der Waals surface area (Å²) in [5, 5.41) is 39.7. The molecule has 0 bridgehead atoms. The number of benzene rings is 8. The van der Waals surface area contributed by atoms with Crippen LogP contribution >= 0.6 is 0 Å². The van der Waals surface area contributed by atoms with Gasteiger partial charge in [0.05, 0.1) is 63.5 Å². The molecule has 39 heteroatoms. The molecule has 0 atom stereocenters. The average molecular weight is 1350 g/mol. The number of azo groups is 4. The number of nitrogens with zero attached hydrogens (tertiary/aromatic N) is 8. The third-order valence-electron chi connectivity index (χ3n) is 11.5. The fraction of sp³-hybridized carbons (Fsp3) is 0.0417. The maximum atomic E-state index is 13.2. The summed E-state index contributed by atoms with van der Waals surface area (Å²) in [7, 11) is -31.1. The zero-order valence-electron chi connectivity index (χ0n) is 46.6. The molecule has 0 aliphatic carbocycles. The van der Waals surface area contributed by atoms with E-state index in [1.54, 1.807) is 6.92 Å². The summed E-state index contributed by atoms with van der Waals surface area (Å²) in [6.07, 6.45) is 2.04. The summed E-state index contributed by atoms with van der Waals surface area (Å²) >= 11 is 0. The molecule has 8 rings (SSSR count). The summed E-state index contributed by atoms with van der Waals surface area (Å²) in [5.74, 6) is 0. The smallest absolute Gasteiger partial charge is 0.744 e. The molecule has 0 heterocycles. The third kappa shape index (κ3) is 20.3. The van der Waals surface area contributed by atoms with E-state index in [1.165, 1.54) is 55.5 Å². The van der Waals surface area contributed by atoms with Gasteiger partial charge in [0.25, 0.3) is 0 Å². The first-order valence-electron chi connectivity index (χ1n) is 22.2. The van der Waals surface area contributed by atoms with E-state index in [9.17, 15) is 83.0 Å². The SMILES string of the molecule is Cc1cc(N=Nc2ccc(/C=C/c3ccc(N=[N+]([O-])c4ccc(N=Nc5cc(S(=O)(=O)[O-])c6cccc(S(=O)(=O)[O-])c6c5)c(C)c4)cc3S(=O)(=O)[O-])c(S(=O)(=O)[O-])c2)ccc1N=Nc1ccc2c(S(=O)(=O)[O-])ccc(S(=O)(=O)[O-])c2c1.[Na+].[Na+].[Na+].[Na+].[Na+].[Na+]. The monoisotopic (exact) mass is 1350 g/mol. The minimum atomic E-state index is -5.33. The van der Waals surface area contributed by atoms with E-state index in [0.717, 1.165) is 84.9 Å². The van der Waals surface area contributed by atoms with Crippen LogP contribution in [-0.4, -0.2) is 82.7 Å². The van der Waals surface area contributed by atoms with E-state index in [-0.39, 0.29) is 261 Å². The Morgan fingerprint density at radius 1 is 0.333 bits per heavy atom. The van der Waals surface area contributed by atoms with Crippen LogP contribution < -0.4 is 177 Å². The molecule has 0 aromatic heterocycles. The fourth-order valence-electron chi connectivity index (χ4n) is 7.82. The van der Waals surface area contributed by atoms with Gasteiger partial charge in [0.2, 0.25) is 5.69 Å². The van der Waals surface area contributed by atoms with E-state index in [1.807, 2.05) is 0 Å². The van der Waals surface area contributed by atoms with Crippen molar-refractivity contribution in [2.75, 3.05) is 0 Å². The summed E-state index contributed by atoms with van der Waals surface area (Å²) in [5.41, 5.74) is -0.367. The predicted molar refractivity (Wildman–Crippen MR) is 278 cm³/mol. The Labute approximate surface area is 630 Å². The Kier molecular flexibility index (Phi) is 29.7. The molecular weight excluding hydrogens is 1320 g/mol. The maximum Gasteiger partial charge on any atom is 1.00 e. The molecule has 418 valence electrons. The first-order valence-corrected chi connectivity index (χ1v) is 30.6. The van der Waals surface area contributed by atoms with Crippen LogP contribution in [0, 0.1) is 19.1 Å². The predicted octanol–water partition coefficient (Wildman–Crippen LogP) is -8.60. The fourth-order valence-corrected chi connectivity index (χ4v) is 11.9. The molecule has 0 aliphatic rings. The summed E-state index contributed by atoms with van der Waals surface area (Å²) in [6.45, 7) is 3.06. The van der Waals surface area contributed by atoms with Crippen molar-refractivity contribution >= 4 is 140 Å². The molecule has 27 nitrogen and oxygen atoms in total. The topological polar surface area (TPSA) is 456 Å². The Bertz CT molecular complexity index is 4890. The minimum absolute atomic E-state index is 0. The van der Waals surface area contributed by atoms with Crippen molar-refractivity contribution in [2.24, 2.45) is 35.8 Å². The quantitative estimate of drug-likeness (QED) is 0.0216. The molecule has 0 N–H and O–H groups in total. The molecule has 0 aliphatic heterocycles. The average Bonchev–Trinajstić information content (AvgIpc) is 1.79. The van der Waals surface area contributed by atoms with Gasteiger partial charge in [-0.3, -0.25) is 0 Å². The van der Waals surface area contributed by atoms with E-state index in [2.05, 4.69) is 35.8 Å². The van der Waals surface area contributed by atoms with E-state index in [0.29, 0.717) is 17.7 Å². The van der Waals surface area contributed by atoms with Gasteiger partial charge < -0.3 is 32.5 Å². The van der Waals surface area contributed by atoms with Gasteiger partial charge in [-0.2, -0.15) is 30.7 Å². The van der Waals surface area contributed by atoms with Crippen LogP contribution in [0.2, 0.25) is 0 Å². The van der Waals surface area contributed by atoms with Crippen molar-refractivity contribution in [2.45, 2.75) is 43.2 Å². The second kappa shape index (κ2) is 32.0. The van der Waals surface area contributed by atoms with E-state index >= 15 is 0 Å². The molecule has 0 unspecified atom stereocenters. The van der Waals surface area contributed by atoms with Crippen molar-refractivity contribution in [1.82, 2.24) is 0 Å². The van der Waals surface area contributed by atoms with Crippen LogP contribution in [0.1, 0.15) is 22.3 Å². The Morgan fingerprint density at radius 2 is 0.690 bits per heavy atom. The van der Waals surface area contributed by atoms with Gasteiger partial charge in [-0.05, 0) is 127 Å². The Hall–Kier alpha value is -2.32.